The van der Waals surface area contributed by atoms with Gasteiger partial charge >= 0.3 is 12.1 Å². The third kappa shape index (κ3) is 6.71. The number of rotatable bonds is 8. The largest absolute Gasteiger partial charge is 0.480 e. The van der Waals surface area contributed by atoms with Crippen molar-refractivity contribution < 1.29 is 32.6 Å². The summed E-state index contributed by atoms with van der Waals surface area (Å²) in [5, 5.41) is 19.7. The van der Waals surface area contributed by atoms with E-state index in [1.807, 2.05) is 4.90 Å². The second-order valence-corrected chi connectivity index (χ2v) is 12.5. The standard InChI is InChI=1S/C30H33ClF3N7O4/c1-17-7-10-41(39-17)22-13-19(31)5-6-20(22)25(30(32,33)34)45-24-14-23(36-28(37-24)38-26(42)18-3-2-4-18)40-11-8-29(9-12-40)15-21(27(43)44)35-16-29/h5-7,10,13-14,18,21,25,35H,2-4,8-9,11-12,15-16H2,1H3,(H,43,44)(H,36,37,38,42)/t21-,25?/m0/s1. The molecule has 1 aromatic carbocycles. The maximum atomic E-state index is 14.7. The summed E-state index contributed by atoms with van der Waals surface area (Å²) in [6.45, 7) is 3.27. The number of aryl methyl sites for hydroxylation is 1. The van der Waals surface area contributed by atoms with Gasteiger partial charge in [0.1, 0.15) is 11.9 Å². The van der Waals surface area contributed by atoms with E-state index in [1.54, 1.807) is 13.0 Å². The van der Waals surface area contributed by atoms with Gasteiger partial charge in [0, 0.05) is 48.4 Å². The number of benzene rings is 1. The Kier molecular flexibility index (Phi) is 8.37. The molecule has 15 heteroatoms. The number of hydrogen-bond donors (Lipinski definition) is 3. The molecule has 3 aliphatic rings. The summed E-state index contributed by atoms with van der Waals surface area (Å²) < 4.78 is 51.1. The topological polar surface area (TPSA) is 134 Å². The fourth-order valence-corrected chi connectivity index (χ4v) is 6.34. The van der Waals surface area contributed by atoms with E-state index >= 15 is 0 Å². The lowest BCUT2D eigenvalue weighted by molar-refractivity contribution is -0.198. The van der Waals surface area contributed by atoms with Crippen molar-refractivity contribution in [2.45, 2.75) is 63.8 Å². The molecule has 3 N–H and O–H groups in total. The molecular weight excluding hydrogens is 615 g/mol. The second-order valence-electron chi connectivity index (χ2n) is 12.1. The summed E-state index contributed by atoms with van der Waals surface area (Å²) >= 11 is 6.18. The van der Waals surface area contributed by atoms with Crippen LogP contribution in [0, 0.1) is 18.3 Å². The molecule has 1 aliphatic carbocycles. The van der Waals surface area contributed by atoms with E-state index in [-0.39, 0.29) is 45.3 Å². The smallest absolute Gasteiger partial charge is 0.429 e. The van der Waals surface area contributed by atoms with Crippen LogP contribution in [-0.2, 0) is 9.59 Å². The summed E-state index contributed by atoms with van der Waals surface area (Å²) in [6, 6.07) is 6.39. The zero-order chi connectivity index (χ0) is 31.9. The number of carbonyl (C=O) groups is 2. The summed E-state index contributed by atoms with van der Waals surface area (Å²) in [7, 11) is 0. The number of halogens is 4. The number of hydrogen-bond acceptors (Lipinski definition) is 8. The number of nitrogens with zero attached hydrogens (tertiary/aromatic N) is 5. The van der Waals surface area contributed by atoms with Crippen molar-refractivity contribution in [2.75, 3.05) is 29.9 Å². The van der Waals surface area contributed by atoms with Gasteiger partial charge in [-0.15, -0.1) is 0 Å². The Bertz CT molecular complexity index is 1590. The summed E-state index contributed by atoms with van der Waals surface area (Å²) in [6.07, 6.45) is -1.58. The first kappa shape index (κ1) is 31.1. The third-order valence-corrected chi connectivity index (χ3v) is 9.22. The van der Waals surface area contributed by atoms with Gasteiger partial charge < -0.3 is 20.1 Å². The molecule has 240 valence electrons. The van der Waals surface area contributed by atoms with Gasteiger partial charge in [0.2, 0.25) is 23.8 Å². The van der Waals surface area contributed by atoms with E-state index in [9.17, 15) is 27.9 Å². The van der Waals surface area contributed by atoms with Crippen LogP contribution in [0.5, 0.6) is 5.88 Å². The zero-order valence-corrected chi connectivity index (χ0v) is 25.2. The molecule has 1 unspecified atom stereocenters. The Morgan fingerprint density at radius 1 is 1.18 bits per heavy atom. The van der Waals surface area contributed by atoms with Gasteiger partial charge in [-0.25, -0.2) is 4.68 Å². The maximum Gasteiger partial charge on any atom is 0.429 e. The van der Waals surface area contributed by atoms with Crippen molar-refractivity contribution in [2.24, 2.45) is 11.3 Å². The van der Waals surface area contributed by atoms with Crippen LogP contribution in [-0.4, -0.2) is 68.6 Å². The summed E-state index contributed by atoms with van der Waals surface area (Å²) in [5.41, 5.74) is 0.284. The quantitative estimate of drug-likeness (QED) is 0.306. The molecule has 2 saturated heterocycles. The second kappa shape index (κ2) is 12.1. The zero-order valence-electron chi connectivity index (χ0n) is 24.5. The molecular formula is C30H33ClF3N7O4. The maximum absolute atomic E-state index is 14.7. The molecule has 1 saturated carbocycles. The van der Waals surface area contributed by atoms with Crippen LogP contribution in [0.15, 0.2) is 36.5 Å². The number of nitrogens with one attached hydrogen (secondary N) is 2. The number of alkyl halides is 3. The molecule has 2 aromatic heterocycles. The van der Waals surface area contributed by atoms with E-state index in [4.69, 9.17) is 16.3 Å². The van der Waals surface area contributed by atoms with Gasteiger partial charge in [0.05, 0.1) is 11.4 Å². The first-order chi connectivity index (χ1) is 21.4. The van der Waals surface area contributed by atoms with Crippen LogP contribution in [0.25, 0.3) is 5.69 Å². The molecule has 2 aliphatic heterocycles. The average molecular weight is 648 g/mol. The van der Waals surface area contributed by atoms with Crippen LogP contribution in [0.4, 0.5) is 24.9 Å². The van der Waals surface area contributed by atoms with Crippen molar-refractivity contribution in [1.82, 2.24) is 25.1 Å². The number of ether oxygens (including phenoxy) is 1. The molecule has 3 aromatic rings. The first-order valence-electron chi connectivity index (χ1n) is 14.9. The Morgan fingerprint density at radius 3 is 2.53 bits per heavy atom. The number of carboxylic acid groups (broad SMARTS) is 1. The van der Waals surface area contributed by atoms with Crippen molar-refractivity contribution in [3.8, 4) is 11.6 Å². The number of aliphatic carboxylic acids is 1. The SMILES string of the molecule is Cc1ccn(-c2cc(Cl)ccc2C(Oc2cc(N3CCC4(CC3)CN[C@H](C(=O)O)C4)nc(NC(=O)C3CCC3)n2)C(F)(F)F)n1. The van der Waals surface area contributed by atoms with E-state index < -0.39 is 24.3 Å². The number of carbonyl (C=O) groups excluding carboxylic acids is 1. The number of amides is 1. The van der Waals surface area contributed by atoms with E-state index in [1.165, 1.54) is 35.1 Å². The predicted octanol–water partition coefficient (Wildman–Crippen LogP) is 5.08. The van der Waals surface area contributed by atoms with Crippen molar-refractivity contribution in [3.63, 3.8) is 0 Å². The lowest BCUT2D eigenvalue weighted by Crippen LogP contribution is -2.41. The molecule has 1 spiro atoms. The van der Waals surface area contributed by atoms with Crippen LogP contribution >= 0.6 is 11.6 Å². The Balaban J connectivity index is 1.31. The highest BCUT2D eigenvalue weighted by Crippen LogP contribution is 2.42. The molecule has 1 amide bonds. The predicted molar refractivity (Wildman–Crippen MR) is 159 cm³/mol. The monoisotopic (exact) mass is 647 g/mol. The van der Waals surface area contributed by atoms with Crippen LogP contribution in [0.3, 0.4) is 0 Å². The number of anilines is 2. The molecule has 45 heavy (non-hydrogen) atoms. The van der Waals surface area contributed by atoms with E-state index in [0.717, 1.165) is 19.3 Å². The number of piperidine rings is 1. The third-order valence-electron chi connectivity index (χ3n) is 8.99. The normalized spacial score (nSPS) is 20.6. The average Bonchev–Trinajstić information content (AvgIpc) is 3.57. The Hall–Kier alpha value is -3.91. The van der Waals surface area contributed by atoms with Crippen molar-refractivity contribution >= 4 is 35.2 Å². The van der Waals surface area contributed by atoms with Gasteiger partial charge in [0.15, 0.2) is 0 Å². The Labute approximate surface area is 262 Å². The molecule has 0 bridgehead atoms. The molecule has 4 heterocycles. The minimum Gasteiger partial charge on any atom is -0.480 e. The van der Waals surface area contributed by atoms with Crippen LogP contribution in [0.2, 0.25) is 5.02 Å². The first-order valence-corrected chi connectivity index (χ1v) is 15.2. The molecule has 6 rings (SSSR count). The van der Waals surface area contributed by atoms with E-state index in [2.05, 4.69) is 25.7 Å². The highest BCUT2D eigenvalue weighted by Gasteiger charge is 2.46. The van der Waals surface area contributed by atoms with E-state index in [0.29, 0.717) is 50.4 Å². The van der Waals surface area contributed by atoms with Crippen molar-refractivity contribution in [1.29, 1.82) is 0 Å². The Morgan fingerprint density at radius 2 is 1.93 bits per heavy atom. The molecule has 0 radical (unpaired) electrons. The van der Waals surface area contributed by atoms with Gasteiger partial charge in [-0.1, -0.05) is 24.1 Å². The highest BCUT2D eigenvalue weighted by molar-refractivity contribution is 6.30. The number of aromatic nitrogens is 4. The lowest BCUT2D eigenvalue weighted by atomic mass is 9.76. The van der Waals surface area contributed by atoms with Gasteiger partial charge in [-0.2, -0.15) is 28.2 Å². The minimum absolute atomic E-state index is 0.0943. The molecule has 3 fully saturated rings. The van der Waals surface area contributed by atoms with Gasteiger partial charge in [0.25, 0.3) is 0 Å². The fraction of sp³-hybridized carbons (Fsp3) is 0.500. The fourth-order valence-electron chi connectivity index (χ4n) is 6.17. The highest BCUT2D eigenvalue weighted by atomic mass is 35.5. The molecule has 11 nitrogen and oxygen atoms in total. The summed E-state index contributed by atoms with van der Waals surface area (Å²) in [5.74, 6) is -1.58. The summed E-state index contributed by atoms with van der Waals surface area (Å²) in [4.78, 5) is 34.9. The van der Waals surface area contributed by atoms with Crippen LogP contribution < -0.4 is 20.3 Å². The molecule has 2 atom stereocenters. The van der Waals surface area contributed by atoms with Crippen LogP contribution in [0.1, 0.15) is 55.9 Å². The van der Waals surface area contributed by atoms with Gasteiger partial charge in [-0.05, 0) is 62.6 Å². The lowest BCUT2D eigenvalue weighted by Gasteiger charge is -2.39. The minimum atomic E-state index is -4.86. The van der Waals surface area contributed by atoms with Gasteiger partial charge in [-0.3, -0.25) is 14.9 Å². The van der Waals surface area contributed by atoms with Crippen molar-refractivity contribution in [3.05, 3.63) is 52.8 Å². The number of carboxylic acids is 1.